The molecule has 0 saturated heterocycles. The maximum atomic E-state index is 13.0. The molecular formula is C26H21F3N4O3. The van der Waals surface area contributed by atoms with Crippen molar-refractivity contribution in [3.05, 3.63) is 112 Å². The summed E-state index contributed by atoms with van der Waals surface area (Å²) in [5, 5.41) is 5.21. The molecule has 0 fully saturated rings. The first-order chi connectivity index (χ1) is 17.1. The van der Waals surface area contributed by atoms with Crippen molar-refractivity contribution < 1.29 is 22.8 Å². The number of nitrogens with one attached hydrogen (secondary N) is 2. The molecular weight excluding hydrogens is 473 g/mol. The second-order valence-electron chi connectivity index (χ2n) is 8.00. The number of benzene rings is 3. The molecule has 4 aromatic rings. The SMILES string of the molecule is Cc1c(NC(=O)c2cccc(NC(=O)c3ccc(C(F)(F)F)cc3)c2)c(=O)n(-c2ccccc2)n1C. The van der Waals surface area contributed by atoms with Gasteiger partial charge in [0.1, 0.15) is 5.69 Å². The summed E-state index contributed by atoms with van der Waals surface area (Å²) in [6, 6.07) is 18.8. The Balaban J connectivity index is 1.52. The van der Waals surface area contributed by atoms with Crippen LogP contribution in [0.2, 0.25) is 0 Å². The standard InChI is InChI=1S/C26H21F3N4O3/c1-16-22(25(36)33(32(16)2)21-9-4-3-5-10-21)31-24(35)18-7-6-8-20(15-18)30-23(34)17-11-13-19(14-12-17)26(27,28)29/h3-15H,1-2H3,(H,30,34)(H,31,35). The zero-order chi connectivity index (χ0) is 26.0. The fraction of sp³-hybridized carbons (Fsp3) is 0.115. The van der Waals surface area contributed by atoms with E-state index in [0.29, 0.717) is 11.4 Å². The van der Waals surface area contributed by atoms with Gasteiger partial charge in [0, 0.05) is 23.9 Å². The number of aromatic nitrogens is 2. The summed E-state index contributed by atoms with van der Waals surface area (Å²) in [6.45, 7) is 1.71. The van der Waals surface area contributed by atoms with Gasteiger partial charge in [-0.15, -0.1) is 0 Å². The lowest BCUT2D eigenvalue weighted by Crippen LogP contribution is -2.23. The van der Waals surface area contributed by atoms with Crippen LogP contribution in [0.1, 0.15) is 32.0 Å². The molecule has 0 aliphatic carbocycles. The maximum absolute atomic E-state index is 13.0. The van der Waals surface area contributed by atoms with Gasteiger partial charge in [0.15, 0.2) is 0 Å². The van der Waals surface area contributed by atoms with Gasteiger partial charge in [-0.05, 0) is 61.5 Å². The van der Waals surface area contributed by atoms with E-state index in [4.69, 9.17) is 0 Å². The van der Waals surface area contributed by atoms with E-state index < -0.39 is 29.1 Å². The van der Waals surface area contributed by atoms with Gasteiger partial charge in [-0.3, -0.25) is 19.1 Å². The van der Waals surface area contributed by atoms with Crippen LogP contribution in [-0.4, -0.2) is 21.2 Å². The molecule has 0 bridgehead atoms. The van der Waals surface area contributed by atoms with Crippen LogP contribution in [0.3, 0.4) is 0 Å². The predicted molar refractivity (Wildman–Crippen MR) is 130 cm³/mol. The van der Waals surface area contributed by atoms with Crippen LogP contribution in [0.5, 0.6) is 0 Å². The van der Waals surface area contributed by atoms with E-state index in [1.807, 2.05) is 6.07 Å². The summed E-state index contributed by atoms with van der Waals surface area (Å²) in [5.74, 6) is -1.20. The number of alkyl halides is 3. The highest BCUT2D eigenvalue weighted by molar-refractivity contribution is 6.07. The van der Waals surface area contributed by atoms with Crippen molar-refractivity contribution in [2.45, 2.75) is 13.1 Å². The van der Waals surface area contributed by atoms with Crippen LogP contribution in [0.15, 0.2) is 83.7 Å². The lowest BCUT2D eigenvalue weighted by atomic mass is 10.1. The molecule has 1 aromatic heterocycles. The van der Waals surface area contributed by atoms with Gasteiger partial charge in [-0.25, -0.2) is 4.68 Å². The summed E-state index contributed by atoms with van der Waals surface area (Å²) in [5.41, 5.74) is 0.505. The molecule has 0 spiro atoms. The maximum Gasteiger partial charge on any atom is 0.416 e. The third-order valence-electron chi connectivity index (χ3n) is 5.65. The lowest BCUT2D eigenvalue weighted by Gasteiger charge is -2.09. The highest BCUT2D eigenvalue weighted by Gasteiger charge is 2.30. The number of nitrogens with zero attached hydrogens (tertiary/aromatic N) is 2. The van der Waals surface area contributed by atoms with E-state index in [2.05, 4.69) is 10.6 Å². The van der Waals surface area contributed by atoms with E-state index in [0.717, 1.165) is 24.3 Å². The number of rotatable bonds is 5. The van der Waals surface area contributed by atoms with Crippen LogP contribution in [0, 0.1) is 6.92 Å². The zero-order valence-corrected chi connectivity index (χ0v) is 19.3. The van der Waals surface area contributed by atoms with E-state index >= 15 is 0 Å². The van der Waals surface area contributed by atoms with Crippen LogP contribution in [0.25, 0.3) is 5.69 Å². The number of carbonyl (C=O) groups is 2. The summed E-state index contributed by atoms with van der Waals surface area (Å²) >= 11 is 0. The number of amides is 2. The normalized spacial score (nSPS) is 11.2. The van der Waals surface area contributed by atoms with Gasteiger partial charge >= 0.3 is 6.18 Å². The summed E-state index contributed by atoms with van der Waals surface area (Å²) in [6.07, 6.45) is -4.50. The number of halogens is 3. The Labute approximate surface area is 203 Å². The highest BCUT2D eigenvalue weighted by atomic mass is 19.4. The molecule has 0 aliphatic heterocycles. The number of para-hydroxylation sites is 1. The molecule has 0 radical (unpaired) electrons. The largest absolute Gasteiger partial charge is 0.416 e. The molecule has 10 heteroatoms. The first kappa shape index (κ1) is 24.5. The summed E-state index contributed by atoms with van der Waals surface area (Å²) < 4.78 is 41.3. The van der Waals surface area contributed by atoms with Crippen molar-refractivity contribution in [3.63, 3.8) is 0 Å². The molecule has 0 unspecified atom stereocenters. The average molecular weight is 494 g/mol. The number of anilines is 2. The third-order valence-corrected chi connectivity index (χ3v) is 5.65. The average Bonchev–Trinajstić information content (AvgIpc) is 3.07. The second kappa shape index (κ2) is 9.57. The molecule has 0 atom stereocenters. The minimum absolute atomic E-state index is 0.0271. The number of hydrogen-bond acceptors (Lipinski definition) is 3. The Morgan fingerprint density at radius 1 is 0.806 bits per heavy atom. The van der Waals surface area contributed by atoms with Crippen LogP contribution in [0.4, 0.5) is 24.5 Å². The Morgan fingerprint density at radius 3 is 2.08 bits per heavy atom. The quantitative estimate of drug-likeness (QED) is 0.409. The fourth-order valence-corrected chi connectivity index (χ4v) is 3.65. The number of carbonyl (C=O) groups excluding carboxylic acids is 2. The fourth-order valence-electron chi connectivity index (χ4n) is 3.65. The molecule has 2 N–H and O–H groups in total. The Hall–Kier alpha value is -4.60. The summed E-state index contributed by atoms with van der Waals surface area (Å²) in [7, 11) is 1.71. The monoisotopic (exact) mass is 494 g/mol. The van der Waals surface area contributed by atoms with Crippen molar-refractivity contribution in [2.75, 3.05) is 10.6 Å². The Kier molecular flexibility index (Phi) is 6.52. The molecule has 0 aliphatic rings. The first-order valence-corrected chi connectivity index (χ1v) is 10.8. The molecule has 3 aromatic carbocycles. The second-order valence-corrected chi connectivity index (χ2v) is 8.00. The van der Waals surface area contributed by atoms with E-state index in [9.17, 15) is 27.6 Å². The predicted octanol–water partition coefficient (Wildman–Crippen LogP) is 5.01. The Morgan fingerprint density at radius 2 is 1.44 bits per heavy atom. The van der Waals surface area contributed by atoms with Crippen molar-refractivity contribution in [1.29, 1.82) is 0 Å². The van der Waals surface area contributed by atoms with Crippen molar-refractivity contribution >= 4 is 23.2 Å². The zero-order valence-electron chi connectivity index (χ0n) is 19.3. The minimum atomic E-state index is -4.50. The van der Waals surface area contributed by atoms with Crippen LogP contribution in [-0.2, 0) is 13.2 Å². The number of hydrogen-bond donors (Lipinski definition) is 2. The Bertz CT molecular complexity index is 1490. The highest BCUT2D eigenvalue weighted by Crippen LogP contribution is 2.29. The third kappa shape index (κ3) is 4.92. The minimum Gasteiger partial charge on any atom is -0.322 e. The van der Waals surface area contributed by atoms with Gasteiger partial charge in [-0.2, -0.15) is 13.2 Å². The molecule has 7 nitrogen and oxygen atoms in total. The molecule has 1 heterocycles. The topological polar surface area (TPSA) is 85.1 Å². The molecule has 0 saturated carbocycles. The molecule has 36 heavy (non-hydrogen) atoms. The first-order valence-electron chi connectivity index (χ1n) is 10.8. The van der Waals surface area contributed by atoms with E-state index in [-0.39, 0.29) is 22.5 Å². The van der Waals surface area contributed by atoms with Gasteiger partial charge in [-0.1, -0.05) is 24.3 Å². The molecule has 4 rings (SSSR count). The van der Waals surface area contributed by atoms with Gasteiger partial charge in [0.25, 0.3) is 17.4 Å². The van der Waals surface area contributed by atoms with Gasteiger partial charge in [0.05, 0.1) is 16.9 Å². The van der Waals surface area contributed by atoms with Crippen molar-refractivity contribution in [2.24, 2.45) is 7.05 Å². The summed E-state index contributed by atoms with van der Waals surface area (Å²) in [4.78, 5) is 38.4. The van der Waals surface area contributed by atoms with Gasteiger partial charge < -0.3 is 10.6 Å². The van der Waals surface area contributed by atoms with Crippen LogP contribution < -0.4 is 16.2 Å². The van der Waals surface area contributed by atoms with Gasteiger partial charge in [0.2, 0.25) is 0 Å². The van der Waals surface area contributed by atoms with Crippen molar-refractivity contribution in [3.8, 4) is 5.69 Å². The van der Waals surface area contributed by atoms with E-state index in [1.165, 1.54) is 28.9 Å². The van der Waals surface area contributed by atoms with E-state index in [1.54, 1.807) is 42.9 Å². The molecule has 2 amide bonds. The molecule has 184 valence electrons. The lowest BCUT2D eigenvalue weighted by molar-refractivity contribution is -0.137. The van der Waals surface area contributed by atoms with Crippen LogP contribution >= 0.6 is 0 Å². The smallest absolute Gasteiger partial charge is 0.322 e. The van der Waals surface area contributed by atoms with Crippen molar-refractivity contribution in [1.82, 2.24) is 9.36 Å².